The highest BCUT2D eigenvalue weighted by atomic mass is 35.5. The molecule has 2 heterocycles. The third-order valence-corrected chi connectivity index (χ3v) is 6.49. The molecule has 1 saturated heterocycles. The van der Waals surface area contributed by atoms with E-state index in [1.54, 1.807) is 52.0 Å². The van der Waals surface area contributed by atoms with Crippen LogP contribution in [0.4, 0.5) is 0 Å². The second-order valence-electron chi connectivity index (χ2n) is 7.32. The number of ether oxygens (including phenoxy) is 2. The largest absolute Gasteiger partial charge is 0.770 e. The summed E-state index contributed by atoms with van der Waals surface area (Å²) in [5, 5.41) is 5.59. The van der Waals surface area contributed by atoms with Crippen LogP contribution in [-0.2, 0) is 15.8 Å². The Morgan fingerprint density at radius 1 is 1.24 bits per heavy atom. The number of benzene rings is 2. The van der Waals surface area contributed by atoms with Gasteiger partial charge in [0.15, 0.2) is 11.4 Å². The lowest BCUT2D eigenvalue weighted by Gasteiger charge is -2.33. The Balaban J connectivity index is 1.76. The standard InChI is InChI=1S/C22H21Cl2N3O5S/c1-31-22-20(18(28)12-26-10-11-32-19(13-26)33(29)30)25-27(17-5-3-2-4-16(17)24)21(22)14-6-8-15(23)9-7-14/h2-9,19H,10-13H2,1H3,(H,29,30)/p-1. The molecule has 0 N–H and O–H groups in total. The van der Waals surface area contributed by atoms with Crippen molar-refractivity contribution in [1.29, 1.82) is 0 Å². The number of nitrogens with zero attached hydrogens (tertiary/aromatic N) is 3. The number of Topliss-reactive ketones (excluding diaryl/α,β-unsaturated/α-hetero) is 1. The summed E-state index contributed by atoms with van der Waals surface area (Å²) in [5.74, 6) is -0.0235. The van der Waals surface area contributed by atoms with Crippen LogP contribution in [0.3, 0.4) is 0 Å². The van der Waals surface area contributed by atoms with Crippen LogP contribution in [0.1, 0.15) is 10.5 Å². The summed E-state index contributed by atoms with van der Waals surface area (Å²) < 4.78 is 35.0. The van der Waals surface area contributed by atoms with E-state index in [2.05, 4.69) is 5.10 Å². The second-order valence-corrected chi connectivity index (χ2v) is 9.21. The van der Waals surface area contributed by atoms with E-state index in [0.29, 0.717) is 33.7 Å². The molecule has 11 heteroatoms. The van der Waals surface area contributed by atoms with Gasteiger partial charge in [0.25, 0.3) is 0 Å². The molecule has 2 atom stereocenters. The molecule has 1 aliphatic rings. The lowest BCUT2D eigenvalue weighted by Crippen LogP contribution is -2.46. The summed E-state index contributed by atoms with van der Waals surface area (Å²) in [6.07, 6.45) is 0. The van der Waals surface area contributed by atoms with E-state index in [0.717, 1.165) is 5.56 Å². The van der Waals surface area contributed by atoms with E-state index in [1.165, 1.54) is 7.11 Å². The van der Waals surface area contributed by atoms with Gasteiger partial charge in [0.05, 0.1) is 31.0 Å². The molecular weight excluding hydrogens is 489 g/mol. The number of hydrogen-bond donors (Lipinski definition) is 0. The van der Waals surface area contributed by atoms with E-state index in [9.17, 15) is 13.6 Å². The highest BCUT2D eigenvalue weighted by Crippen LogP contribution is 2.37. The third kappa shape index (κ3) is 5.13. The Morgan fingerprint density at radius 3 is 2.64 bits per heavy atom. The maximum atomic E-state index is 13.3. The van der Waals surface area contributed by atoms with Gasteiger partial charge in [-0.3, -0.25) is 13.9 Å². The zero-order chi connectivity index (χ0) is 23.5. The van der Waals surface area contributed by atoms with Crippen molar-refractivity contribution in [3.05, 3.63) is 64.3 Å². The molecule has 0 amide bonds. The van der Waals surface area contributed by atoms with Gasteiger partial charge >= 0.3 is 0 Å². The molecule has 1 aromatic heterocycles. The number of para-hydroxylation sites is 1. The molecular formula is C22H20Cl2N3O5S-. The van der Waals surface area contributed by atoms with Crippen LogP contribution < -0.4 is 4.74 Å². The van der Waals surface area contributed by atoms with E-state index >= 15 is 0 Å². The number of carbonyl (C=O) groups is 1. The monoisotopic (exact) mass is 508 g/mol. The van der Waals surface area contributed by atoms with E-state index in [4.69, 9.17) is 32.7 Å². The molecule has 1 fully saturated rings. The fraction of sp³-hybridized carbons (Fsp3) is 0.273. The minimum absolute atomic E-state index is 0.0347. The van der Waals surface area contributed by atoms with Crippen molar-refractivity contribution in [2.75, 3.05) is 33.4 Å². The number of rotatable bonds is 7. The summed E-state index contributed by atoms with van der Waals surface area (Å²) in [6.45, 7) is 0.705. The van der Waals surface area contributed by atoms with Crippen molar-refractivity contribution < 1.29 is 23.0 Å². The normalized spacial score (nSPS) is 17.6. The molecule has 4 rings (SSSR count). The number of morpholine rings is 1. The lowest BCUT2D eigenvalue weighted by molar-refractivity contribution is 0.0134. The number of carbonyl (C=O) groups excluding carboxylic acids is 1. The Hall–Kier alpha value is -2.27. The molecule has 0 saturated carbocycles. The second kappa shape index (κ2) is 10.3. The van der Waals surface area contributed by atoms with Crippen LogP contribution in [0, 0.1) is 0 Å². The minimum atomic E-state index is -2.39. The van der Waals surface area contributed by atoms with Crippen LogP contribution in [0.5, 0.6) is 5.75 Å². The number of methoxy groups -OCH3 is 1. The summed E-state index contributed by atoms with van der Waals surface area (Å²) in [6, 6.07) is 14.2. The summed E-state index contributed by atoms with van der Waals surface area (Å²) in [7, 11) is 1.47. The molecule has 0 bridgehead atoms. The molecule has 174 valence electrons. The topological polar surface area (TPSA) is 96.7 Å². The summed E-state index contributed by atoms with van der Waals surface area (Å²) in [5.41, 5.74) is 1.00. The van der Waals surface area contributed by atoms with Crippen LogP contribution in [0.15, 0.2) is 48.5 Å². The van der Waals surface area contributed by atoms with Gasteiger partial charge in [0.1, 0.15) is 11.1 Å². The van der Waals surface area contributed by atoms with E-state index in [-0.39, 0.29) is 31.2 Å². The zero-order valence-corrected chi connectivity index (χ0v) is 19.9. The van der Waals surface area contributed by atoms with Crippen molar-refractivity contribution >= 4 is 40.1 Å². The van der Waals surface area contributed by atoms with Crippen molar-refractivity contribution in [2.45, 2.75) is 5.44 Å². The Labute approximate surface area is 203 Å². The smallest absolute Gasteiger partial charge is 0.200 e. The number of hydrogen-bond acceptors (Lipinski definition) is 7. The molecule has 2 aromatic carbocycles. The van der Waals surface area contributed by atoms with Crippen LogP contribution in [-0.4, -0.2) is 68.0 Å². The lowest BCUT2D eigenvalue weighted by atomic mass is 10.1. The predicted molar refractivity (Wildman–Crippen MR) is 125 cm³/mol. The number of ketones is 1. The Bertz CT molecular complexity index is 1190. The maximum Gasteiger partial charge on any atom is 0.200 e. The van der Waals surface area contributed by atoms with Crippen molar-refractivity contribution in [1.82, 2.24) is 14.7 Å². The van der Waals surface area contributed by atoms with E-state index < -0.39 is 16.5 Å². The molecule has 33 heavy (non-hydrogen) atoms. The first-order valence-corrected chi connectivity index (χ1v) is 11.9. The molecule has 3 aromatic rings. The fourth-order valence-corrected chi connectivity index (χ4v) is 4.53. The molecule has 2 unspecified atom stereocenters. The first kappa shape index (κ1) is 23.9. The van der Waals surface area contributed by atoms with Gasteiger partial charge < -0.3 is 14.0 Å². The first-order valence-electron chi connectivity index (χ1n) is 10.0. The highest BCUT2D eigenvalue weighted by Gasteiger charge is 2.29. The zero-order valence-electron chi connectivity index (χ0n) is 17.6. The average molecular weight is 509 g/mol. The maximum absolute atomic E-state index is 13.3. The number of halogens is 2. The van der Waals surface area contributed by atoms with Crippen molar-refractivity contribution in [2.24, 2.45) is 0 Å². The Kier molecular flexibility index (Phi) is 7.48. The van der Waals surface area contributed by atoms with Gasteiger partial charge in [0.2, 0.25) is 5.78 Å². The molecule has 0 spiro atoms. The van der Waals surface area contributed by atoms with Gasteiger partial charge in [-0.25, -0.2) is 4.68 Å². The van der Waals surface area contributed by atoms with Gasteiger partial charge in [-0.2, -0.15) is 5.10 Å². The first-order chi connectivity index (χ1) is 15.9. The minimum Gasteiger partial charge on any atom is -0.770 e. The Morgan fingerprint density at radius 2 is 1.97 bits per heavy atom. The van der Waals surface area contributed by atoms with Crippen LogP contribution in [0.2, 0.25) is 10.0 Å². The number of aromatic nitrogens is 2. The van der Waals surface area contributed by atoms with E-state index in [1.807, 2.05) is 6.07 Å². The van der Waals surface area contributed by atoms with Gasteiger partial charge in [0, 0.05) is 23.7 Å². The molecule has 0 radical (unpaired) electrons. The summed E-state index contributed by atoms with van der Waals surface area (Å²) >= 11 is 10.1. The molecule has 1 aliphatic heterocycles. The van der Waals surface area contributed by atoms with Crippen LogP contribution in [0.25, 0.3) is 16.9 Å². The van der Waals surface area contributed by atoms with Gasteiger partial charge in [-0.05, 0) is 35.3 Å². The molecule has 8 nitrogen and oxygen atoms in total. The quantitative estimate of drug-likeness (QED) is 0.355. The van der Waals surface area contributed by atoms with Crippen LogP contribution >= 0.6 is 23.2 Å². The highest BCUT2D eigenvalue weighted by molar-refractivity contribution is 7.79. The van der Waals surface area contributed by atoms with Gasteiger partial charge in [-0.15, -0.1) is 0 Å². The van der Waals surface area contributed by atoms with Crippen molar-refractivity contribution in [3.63, 3.8) is 0 Å². The average Bonchev–Trinajstić information content (AvgIpc) is 3.19. The van der Waals surface area contributed by atoms with Crippen molar-refractivity contribution in [3.8, 4) is 22.7 Å². The molecule has 0 aliphatic carbocycles. The SMILES string of the molecule is COc1c(C(=O)CN2CCOC(S(=O)[O-])C2)nn(-c2ccccc2Cl)c1-c1ccc(Cl)cc1. The third-order valence-electron chi connectivity index (χ3n) is 5.21. The van der Waals surface area contributed by atoms with Gasteiger partial charge in [-0.1, -0.05) is 47.5 Å². The summed E-state index contributed by atoms with van der Waals surface area (Å²) in [4.78, 5) is 15.0. The predicted octanol–water partition coefficient (Wildman–Crippen LogP) is 3.57. The fourth-order valence-electron chi connectivity index (χ4n) is 3.64.